The maximum absolute atomic E-state index is 14.0. The molecule has 65 heavy (non-hydrogen) atoms. The van der Waals surface area contributed by atoms with Crippen molar-refractivity contribution >= 4 is 57.3 Å². The summed E-state index contributed by atoms with van der Waals surface area (Å²) in [6.07, 6.45) is 0.0815. The third kappa shape index (κ3) is 6.35. The molecule has 4 N–H and O–H groups in total. The van der Waals surface area contributed by atoms with E-state index in [1.165, 1.54) is 10.6 Å². The summed E-state index contributed by atoms with van der Waals surface area (Å²) in [7, 11) is 1.80. The zero-order valence-corrected chi connectivity index (χ0v) is 36.4. The third-order valence-electron chi connectivity index (χ3n) is 13.3. The second-order valence-corrected chi connectivity index (χ2v) is 17.2. The quantitative estimate of drug-likeness (QED) is 0.117. The molecule has 0 radical (unpaired) electrons. The predicted octanol–water partition coefficient (Wildman–Crippen LogP) is 5.44. The number of fused-ring (bicyclic) bond motifs is 6. The first-order chi connectivity index (χ1) is 31.1. The van der Waals surface area contributed by atoms with E-state index >= 15 is 0 Å². The summed E-state index contributed by atoms with van der Waals surface area (Å²) in [6, 6.07) is 16.6. The molecule has 4 aliphatic rings. The number of pyridine rings is 2. The Morgan fingerprint density at radius 3 is 2.40 bits per heavy atom. The first-order valence-electron chi connectivity index (χ1n) is 21.6. The first kappa shape index (κ1) is 41.5. The maximum Gasteiger partial charge on any atom is 0.448 e. The van der Waals surface area contributed by atoms with E-state index in [1.54, 1.807) is 81.4 Å². The van der Waals surface area contributed by atoms with E-state index in [-0.39, 0.29) is 91.8 Å². The van der Waals surface area contributed by atoms with Crippen molar-refractivity contribution in [3.05, 3.63) is 110 Å². The summed E-state index contributed by atoms with van der Waals surface area (Å²) in [5.41, 5.74) is 4.49. The van der Waals surface area contributed by atoms with Gasteiger partial charge in [0.1, 0.15) is 35.2 Å². The summed E-state index contributed by atoms with van der Waals surface area (Å²) in [5, 5.41) is 36.6. The number of hydrogen-bond acceptors (Lipinski definition) is 11. The lowest BCUT2D eigenvalue weighted by Gasteiger charge is -2.34. The minimum absolute atomic E-state index is 0.0266. The van der Waals surface area contributed by atoms with Gasteiger partial charge < -0.3 is 43.7 Å². The average Bonchev–Trinajstić information content (AvgIpc) is 3.82. The van der Waals surface area contributed by atoms with Crippen LogP contribution in [-0.4, -0.2) is 99.8 Å². The molecule has 17 heteroatoms. The number of aliphatic hydroxyl groups is 1. The Balaban J connectivity index is 0.841. The van der Waals surface area contributed by atoms with Crippen molar-refractivity contribution in [3.8, 4) is 28.6 Å². The molecule has 0 bridgehead atoms. The molecule has 332 valence electrons. The lowest BCUT2D eigenvalue weighted by atomic mass is 9.86. The van der Waals surface area contributed by atoms with Crippen molar-refractivity contribution in [2.24, 2.45) is 7.05 Å². The van der Waals surface area contributed by atoms with Crippen molar-refractivity contribution in [1.29, 1.82) is 0 Å². The van der Waals surface area contributed by atoms with E-state index in [2.05, 4.69) is 5.32 Å². The fourth-order valence-electron chi connectivity index (χ4n) is 9.65. The van der Waals surface area contributed by atoms with Gasteiger partial charge in [-0.1, -0.05) is 27.7 Å². The van der Waals surface area contributed by atoms with Gasteiger partial charge in [0.15, 0.2) is 5.60 Å². The van der Waals surface area contributed by atoms with Crippen LogP contribution in [0.2, 0.25) is 0 Å². The normalized spacial score (nSPS) is 17.8. The molecule has 0 saturated carbocycles. The molecule has 6 aromatic rings. The number of nitrogens with zero attached hydrogens (tertiary/aromatic N) is 6. The van der Waals surface area contributed by atoms with Gasteiger partial charge in [0, 0.05) is 66.7 Å². The number of phenolic OH excluding ortho intramolecular Hbond substituents is 2. The summed E-state index contributed by atoms with van der Waals surface area (Å²) < 4.78 is 15.9. The minimum atomic E-state index is -1.93. The topological polar surface area (TPSA) is 209 Å². The number of urea groups is 1. The summed E-state index contributed by atoms with van der Waals surface area (Å²) in [6.45, 7) is 8.57. The van der Waals surface area contributed by atoms with Crippen molar-refractivity contribution in [3.63, 3.8) is 0 Å². The van der Waals surface area contributed by atoms with Crippen LogP contribution in [0.5, 0.6) is 17.2 Å². The Labute approximate surface area is 371 Å². The third-order valence-corrected chi connectivity index (χ3v) is 13.3. The number of nitrogens with one attached hydrogen (secondary N) is 1. The number of ether oxygens (including phenoxy) is 2. The van der Waals surface area contributed by atoms with Crippen molar-refractivity contribution in [2.75, 3.05) is 26.2 Å². The van der Waals surface area contributed by atoms with E-state index in [4.69, 9.17) is 14.5 Å². The number of piperazine rings is 1. The van der Waals surface area contributed by atoms with Crippen LogP contribution in [0.15, 0.2) is 65.5 Å². The Morgan fingerprint density at radius 2 is 1.69 bits per heavy atom. The number of aromatic hydroxyl groups is 2. The molecule has 0 spiro atoms. The van der Waals surface area contributed by atoms with Crippen molar-refractivity contribution in [1.82, 2.24) is 29.2 Å². The summed E-state index contributed by atoms with van der Waals surface area (Å²) in [5.74, 6) is -0.533. The molecule has 1 saturated heterocycles. The monoisotopic (exact) mass is 880 g/mol. The van der Waals surface area contributed by atoms with E-state index in [9.17, 15) is 39.3 Å². The van der Waals surface area contributed by atoms with Gasteiger partial charge in [-0.15, -0.1) is 0 Å². The molecule has 3 aromatic heterocycles. The fraction of sp³-hybridized carbons (Fsp3) is 0.312. The van der Waals surface area contributed by atoms with Gasteiger partial charge >= 0.3 is 18.1 Å². The predicted molar refractivity (Wildman–Crippen MR) is 237 cm³/mol. The molecular weight excluding hydrogens is 835 g/mol. The Hall–Kier alpha value is -7.53. The van der Waals surface area contributed by atoms with Crippen LogP contribution in [0.3, 0.4) is 0 Å². The zero-order valence-electron chi connectivity index (χ0n) is 36.4. The number of aryl methyl sites for hydroxylation is 2. The lowest BCUT2D eigenvalue weighted by molar-refractivity contribution is -0.356. The smallest absolute Gasteiger partial charge is 0.448 e. The first-order valence-corrected chi connectivity index (χ1v) is 21.6. The molecule has 4 aliphatic heterocycles. The molecule has 1 unspecified atom stereocenters. The number of amidine groups is 1. The highest BCUT2D eigenvalue weighted by Crippen LogP contribution is 2.41. The second-order valence-electron chi connectivity index (χ2n) is 17.2. The number of phenols is 2. The molecular formula is C48H46N7O10+. The SMILES string of the molecule is CCc1c2c(nc3ccc(OC(=O)N4CCN(C(=O)c5cc6cc([N+]7=C(c8cc(C(C)C)c(O)cc8O)NC7=O)ccc6n5C)CC4)cc13)-c1cc3c(c(=O)n1C2)COC(=O)C3(O)CC. The molecule has 7 heterocycles. The maximum atomic E-state index is 14.0. The number of rotatable bonds is 7. The van der Waals surface area contributed by atoms with Gasteiger partial charge in [-0.25, -0.2) is 24.7 Å². The molecule has 17 nitrogen and oxygen atoms in total. The number of aromatic nitrogens is 3. The molecule has 1 atom stereocenters. The van der Waals surface area contributed by atoms with Crippen LogP contribution in [0.1, 0.15) is 83.9 Å². The number of carbonyl (C=O) groups excluding carboxylic acids is 4. The number of esters is 1. The van der Waals surface area contributed by atoms with Crippen molar-refractivity contribution in [2.45, 2.75) is 65.2 Å². The van der Waals surface area contributed by atoms with Gasteiger partial charge in [0.25, 0.3) is 11.5 Å². The van der Waals surface area contributed by atoms with Crippen LogP contribution in [0.25, 0.3) is 33.2 Å². The Kier molecular flexibility index (Phi) is 9.60. The van der Waals surface area contributed by atoms with Crippen LogP contribution in [0, 0.1) is 0 Å². The molecule has 4 amide bonds. The standard InChI is InChI=1S/C48H45N7O10/c1-6-28-30-18-27(9-10-35(30)49-41-32(28)22-54-37(41)20-34-33(43(54)58)23-64-45(60)48(34,63)7-2)65-47(62)53-14-12-52(13-15-53)44(59)38-17-25-16-26(8-11-36(25)51(38)5)55-42(50-46(55)61)31-19-29(24(3)4)39(56)21-40(31)57/h8-11,16-21,24,63H,6-7,12-15,22-23H2,1-5H3,(H2,50,56,57,61)/p+1. The van der Waals surface area contributed by atoms with Crippen LogP contribution >= 0.6 is 0 Å². The number of amides is 4. The fourth-order valence-corrected chi connectivity index (χ4v) is 9.65. The minimum Gasteiger partial charge on any atom is -0.508 e. The summed E-state index contributed by atoms with van der Waals surface area (Å²) >= 11 is 0. The van der Waals surface area contributed by atoms with Gasteiger partial charge in [-0.3, -0.25) is 9.59 Å². The van der Waals surface area contributed by atoms with Gasteiger partial charge in [-0.05, 0) is 84.5 Å². The second kappa shape index (κ2) is 15.0. The highest BCUT2D eigenvalue weighted by Gasteiger charge is 2.46. The van der Waals surface area contributed by atoms with Crippen LogP contribution in [-0.2, 0) is 41.8 Å². The van der Waals surface area contributed by atoms with E-state index < -0.39 is 17.7 Å². The average molecular weight is 881 g/mol. The molecule has 3 aromatic carbocycles. The molecule has 1 fully saturated rings. The van der Waals surface area contributed by atoms with Gasteiger partial charge in [0.05, 0.1) is 34.6 Å². The van der Waals surface area contributed by atoms with E-state index in [0.29, 0.717) is 57.4 Å². The van der Waals surface area contributed by atoms with Crippen LogP contribution < -0.4 is 15.6 Å². The van der Waals surface area contributed by atoms with E-state index in [0.717, 1.165) is 27.4 Å². The van der Waals surface area contributed by atoms with Crippen LogP contribution in [0.4, 0.5) is 15.3 Å². The van der Waals surface area contributed by atoms with Gasteiger partial charge in [-0.2, -0.15) is 4.58 Å². The number of carbonyl (C=O) groups is 4. The lowest BCUT2D eigenvalue weighted by Crippen LogP contribution is -2.52. The summed E-state index contributed by atoms with van der Waals surface area (Å²) in [4.78, 5) is 74.9. The zero-order chi connectivity index (χ0) is 45.8. The highest BCUT2D eigenvalue weighted by molar-refractivity contribution is 6.13. The largest absolute Gasteiger partial charge is 0.508 e. The van der Waals surface area contributed by atoms with E-state index in [1.807, 2.05) is 26.8 Å². The van der Waals surface area contributed by atoms with Crippen molar-refractivity contribution < 1.29 is 48.5 Å². The Morgan fingerprint density at radius 1 is 0.938 bits per heavy atom. The number of benzene rings is 3. The van der Waals surface area contributed by atoms with Gasteiger partial charge in [0.2, 0.25) is 5.84 Å². The number of hydrogen-bond donors (Lipinski definition) is 4. The number of cyclic esters (lactones) is 1. The molecule has 10 rings (SSSR count). The Bertz CT molecular complexity index is 3210. The molecule has 0 aliphatic carbocycles. The highest BCUT2D eigenvalue weighted by atomic mass is 16.6.